The molecule has 0 amide bonds. The molecule has 4 rings (SSSR count). The lowest BCUT2D eigenvalue weighted by Gasteiger charge is -2.26. The molecular formula is C17H15ClN4O2. The van der Waals surface area contributed by atoms with E-state index < -0.39 is 4.92 Å². The van der Waals surface area contributed by atoms with Gasteiger partial charge in [0.25, 0.3) is 5.69 Å². The maximum atomic E-state index is 10.9. The molecule has 1 aliphatic heterocycles. The highest BCUT2D eigenvalue weighted by atomic mass is 35.5. The van der Waals surface area contributed by atoms with Crippen molar-refractivity contribution >= 4 is 34.0 Å². The van der Waals surface area contributed by atoms with Crippen LogP contribution in [0.1, 0.15) is 24.7 Å². The molecule has 1 aromatic heterocycles. The number of hydrogen-bond acceptors (Lipinski definition) is 4. The van der Waals surface area contributed by atoms with E-state index in [4.69, 9.17) is 16.6 Å². The number of nitrogens with zero attached hydrogens (tertiary/aromatic N) is 3. The second-order valence-electron chi connectivity index (χ2n) is 5.88. The Labute approximate surface area is 143 Å². The van der Waals surface area contributed by atoms with E-state index >= 15 is 0 Å². The van der Waals surface area contributed by atoms with Crippen LogP contribution in [-0.4, -0.2) is 21.4 Å². The van der Waals surface area contributed by atoms with Crippen LogP contribution in [0.5, 0.6) is 0 Å². The van der Waals surface area contributed by atoms with Crippen LogP contribution in [0.4, 0.5) is 11.4 Å². The third-order valence-electron chi connectivity index (χ3n) is 4.43. The van der Waals surface area contributed by atoms with Gasteiger partial charge in [0.15, 0.2) is 0 Å². The Bertz CT molecular complexity index is 891. The number of imidazole rings is 1. The minimum atomic E-state index is -0.434. The average molecular weight is 343 g/mol. The topological polar surface area (TPSA) is 75.1 Å². The standard InChI is InChI=1S/C17H15ClN4O2/c18-12-10-11(22(23)24)7-8-15(12)21-9-3-6-16(21)17-19-13-4-1-2-5-14(13)20-17/h1-2,4-5,7-8,10,16H,3,6,9H2,(H,19,20)/t16-/m0/s1. The third-order valence-corrected chi connectivity index (χ3v) is 4.73. The zero-order valence-electron chi connectivity index (χ0n) is 12.8. The van der Waals surface area contributed by atoms with E-state index in [9.17, 15) is 10.1 Å². The summed E-state index contributed by atoms with van der Waals surface area (Å²) < 4.78 is 0. The summed E-state index contributed by atoms with van der Waals surface area (Å²) in [7, 11) is 0. The average Bonchev–Trinajstić information content (AvgIpc) is 3.20. The number of nitro benzene ring substituents is 1. The third kappa shape index (κ3) is 2.49. The maximum absolute atomic E-state index is 10.9. The number of nitrogens with one attached hydrogen (secondary N) is 1. The van der Waals surface area contributed by atoms with Crippen LogP contribution in [0.2, 0.25) is 5.02 Å². The number of halogens is 1. The largest absolute Gasteiger partial charge is 0.360 e. The van der Waals surface area contributed by atoms with Gasteiger partial charge in [0, 0.05) is 18.7 Å². The first kappa shape index (κ1) is 15.0. The fourth-order valence-electron chi connectivity index (χ4n) is 3.31. The summed E-state index contributed by atoms with van der Waals surface area (Å²) >= 11 is 6.31. The van der Waals surface area contributed by atoms with E-state index in [0.29, 0.717) is 5.02 Å². The monoisotopic (exact) mass is 342 g/mol. The number of nitro groups is 1. The number of hydrogen-bond donors (Lipinski definition) is 1. The number of para-hydroxylation sites is 2. The lowest BCUT2D eigenvalue weighted by molar-refractivity contribution is -0.384. The molecule has 1 fully saturated rings. The van der Waals surface area contributed by atoms with Crippen LogP contribution in [0.25, 0.3) is 11.0 Å². The van der Waals surface area contributed by atoms with Crippen molar-refractivity contribution in [1.29, 1.82) is 0 Å². The van der Waals surface area contributed by atoms with Crippen molar-refractivity contribution in [3.63, 3.8) is 0 Å². The molecule has 1 saturated heterocycles. The van der Waals surface area contributed by atoms with Gasteiger partial charge in [-0.25, -0.2) is 4.98 Å². The molecule has 2 heterocycles. The number of H-pyrrole nitrogens is 1. The molecule has 0 bridgehead atoms. The van der Waals surface area contributed by atoms with Crippen LogP contribution in [0, 0.1) is 10.1 Å². The molecule has 0 unspecified atom stereocenters. The lowest BCUT2D eigenvalue weighted by Crippen LogP contribution is -2.23. The van der Waals surface area contributed by atoms with Crippen molar-refractivity contribution in [2.24, 2.45) is 0 Å². The summed E-state index contributed by atoms with van der Waals surface area (Å²) in [6.45, 7) is 0.846. The summed E-state index contributed by atoms with van der Waals surface area (Å²) in [6.07, 6.45) is 1.99. The van der Waals surface area contributed by atoms with E-state index in [1.54, 1.807) is 6.07 Å². The zero-order valence-corrected chi connectivity index (χ0v) is 13.5. The summed E-state index contributed by atoms with van der Waals surface area (Å²) in [5.41, 5.74) is 2.76. The van der Waals surface area contributed by atoms with Crippen molar-refractivity contribution in [1.82, 2.24) is 9.97 Å². The molecule has 1 atom stereocenters. The number of non-ortho nitro benzene ring substituents is 1. The van der Waals surface area contributed by atoms with Gasteiger partial charge in [-0.3, -0.25) is 10.1 Å². The second-order valence-corrected chi connectivity index (χ2v) is 6.29. The Hall–Kier alpha value is -2.60. The van der Waals surface area contributed by atoms with Gasteiger partial charge in [-0.1, -0.05) is 23.7 Å². The van der Waals surface area contributed by atoms with Crippen LogP contribution in [0.3, 0.4) is 0 Å². The molecule has 2 aromatic carbocycles. The van der Waals surface area contributed by atoms with Gasteiger partial charge in [-0.2, -0.15) is 0 Å². The predicted molar refractivity (Wildman–Crippen MR) is 93.5 cm³/mol. The first-order valence-electron chi connectivity index (χ1n) is 7.79. The molecule has 122 valence electrons. The molecule has 3 aromatic rings. The predicted octanol–water partition coefficient (Wildman–Crippen LogP) is 4.47. The van der Waals surface area contributed by atoms with Gasteiger partial charge in [0.05, 0.1) is 32.7 Å². The van der Waals surface area contributed by atoms with E-state index in [-0.39, 0.29) is 11.7 Å². The first-order valence-corrected chi connectivity index (χ1v) is 8.16. The summed E-state index contributed by atoms with van der Waals surface area (Å²) in [4.78, 5) is 20.7. The fraction of sp³-hybridized carbons (Fsp3) is 0.235. The molecule has 6 nitrogen and oxygen atoms in total. The zero-order chi connectivity index (χ0) is 16.7. The number of aromatic amines is 1. The highest BCUT2D eigenvalue weighted by molar-refractivity contribution is 6.33. The van der Waals surface area contributed by atoms with Gasteiger partial charge in [-0.15, -0.1) is 0 Å². The van der Waals surface area contributed by atoms with E-state index in [2.05, 4.69) is 9.88 Å². The number of benzene rings is 2. The van der Waals surface area contributed by atoms with Crippen LogP contribution in [0.15, 0.2) is 42.5 Å². The van der Waals surface area contributed by atoms with E-state index in [1.807, 2.05) is 24.3 Å². The van der Waals surface area contributed by atoms with Crippen LogP contribution >= 0.6 is 11.6 Å². The quantitative estimate of drug-likeness (QED) is 0.563. The molecule has 24 heavy (non-hydrogen) atoms. The highest BCUT2D eigenvalue weighted by Gasteiger charge is 2.30. The Morgan fingerprint density at radius 1 is 1.29 bits per heavy atom. The molecule has 7 heteroatoms. The maximum Gasteiger partial charge on any atom is 0.271 e. The van der Waals surface area contributed by atoms with Crippen molar-refractivity contribution in [2.75, 3.05) is 11.4 Å². The summed E-state index contributed by atoms with van der Waals surface area (Å²) in [5.74, 6) is 0.906. The van der Waals surface area contributed by atoms with Gasteiger partial charge < -0.3 is 9.88 Å². The highest BCUT2D eigenvalue weighted by Crippen LogP contribution is 2.40. The fourth-order valence-corrected chi connectivity index (χ4v) is 3.60. The van der Waals surface area contributed by atoms with Crippen molar-refractivity contribution < 1.29 is 4.92 Å². The van der Waals surface area contributed by atoms with E-state index in [1.165, 1.54) is 12.1 Å². The Balaban J connectivity index is 1.71. The Kier molecular flexibility index (Phi) is 3.61. The smallest absolute Gasteiger partial charge is 0.271 e. The SMILES string of the molecule is O=[N+]([O-])c1ccc(N2CCC[C@H]2c2nc3ccccc3[nH]2)c(Cl)c1. The molecule has 1 aliphatic rings. The molecular weight excluding hydrogens is 328 g/mol. The van der Waals surface area contributed by atoms with Crippen molar-refractivity contribution in [3.8, 4) is 0 Å². The number of fused-ring (bicyclic) bond motifs is 1. The normalized spacial score (nSPS) is 17.5. The number of rotatable bonds is 3. The van der Waals surface area contributed by atoms with Gasteiger partial charge in [0.2, 0.25) is 0 Å². The Morgan fingerprint density at radius 3 is 2.88 bits per heavy atom. The summed E-state index contributed by atoms with van der Waals surface area (Å²) in [5, 5.41) is 11.3. The molecule has 1 N–H and O–H groups in total. The molecule has 0 radical (unpaired) electrons. The van der Waals surface area contributed by atoms with E-state index in [0.717, 1.165) is 41.9 Å². The minimum absolute atomic E-state index is 0.00299. The van der Waals surface area contributed by atoms with Gasteiger partial charge in [-0.05, 0) is 31.0 Å². The first-order chi connectivity index (χ1) is 11.6. The lowest BCUT2D eigenvalue weighted by atomic mass is 10.2. The summed E-state index contributed by atoms with van der Waals surface area (Å²) in [6, 6.07) is 12.6. The van der Waals surface area contributed by atoms with Crippen molar-refractivity contribution in [3.05, 3.63) is 63.4 Å². The second kappa shape index (κ2) is 5.79. The van der Waals surface area contributed by atoms with Gasteiger partial charge >= 0.3 is 0 Å². The van der Waals surface area contributed by atoms with Crippen molar-refractivity contribution in [2.45, 2.75) is 18.9 Å². The van der Waals surface area contributed by atoms with Crippen LogP contribution in [-0.2, 0) is 0 Å². The minimum Gasteiger partial charge on any atom is -0.360 e. The van der Waals surface area contributed by atoms with Gasteiger partial charge in [0.1, 0.15) is 5.82 Å². The van der Waals surface area contributed by atoms with Crippen LogP contribution < -0.4 is 4.90 Å². The number of aromatic nitrogens is 2. The molecule has 0 spiro atoms. The Morgan fingerprint density at radius 2 is 2.12 bits per heavy atom. The number of anilines is 1. The molecule has 0 aliphatic carbocycles. The molecule has 0 saturated carbocycles.